The molecule has 248 valence electrons. The lowest BCUT2D eigenvalue weighted by atomic mass is 9.97. The Balaban J connectivity index is 2.48. The number of hydrogen-bond donors (Lipinski definition) is 1. The zero-order valence-electron chi connectivity index (χ0n) is 26.2. The summed E-state index contributed by atoms with van der Waals surface area (Å²) in [5.74, 6) is -1.86. The quantitative estimate of drug-likeness (QED) is 0.0830. The second-order valence-electron chi connectivity index (χ2n) is 10.0. The van der Waals surface area contributed by atoms with E-state index in [1.54, 1.807) is 0 Å². The van der Waals surface area contributed by atoms with Crippen LogP contribution in [0.25, 0.3) is 0 Å². The molecule has 0 aromatic carbocycles. The summed E-state index contributed by atoms with van der Waals surface area (Å²) in [5, 5.41) is 8.81. The predicted octanol–water partition coefficient (Wildman–Crippen LogP) is 1.81. The van der Waals surface area contributed by atoms with Crippen LogP contribution >= 0.6 is 8.53 Å². The number of nitriles is 1. The van der Waals surface area contributed by atoms with Crippen LogP contribution in [0.4, 0.5) is 0 Å². The highest BCUT2D eigenvalue weighted by Gasteiger charge is 2.49. The Morgan fingerprint density at radius 2 is 1.37 bits per heavy atom. The van der Waals surface area contributed by atoms with Gasteiger partial charge in [0.2, 0.25) is 0 Å². The maximum atomic E-state index is 11.7. The van der Waals surface area contributed by atoms with E-state index in [1.807, 2.05) is 0 Å². The van der Waals surface area contributed by atoms with Crippen LogP contribution in [-0.2, 0) is 56.6 Å². The summed E-state index contributed by atoms with van der Waals surface area (Å²) in [7, 11) is -1.33. The minimum absolute atomic E-state index is 0.0807. The fourth-order valence-electron chi connectivity index (χ4n) is 4.11. The van der Waals surface area contributed by atoms with Crippen LogP contribution in [0.2, 0.25) is 0 Å². The summed E-state index contributed by atoms with van der Waals surface area (Å²) in [6, 6.07) is 1.49. The molecule has 0 aromatic heterocycles. The van der Waals surface area contributed by atoms with Crippen LogP contribution in [0, 0.1) is 11.3 Å². The standard InChI is InChI=1S/C27H48N3O12P/c1-18(2)30(19(3)4)43(38-10-8-9-28)39-16-14-35-12-11-34-13-15-36-27-24(29)26(41-22(7)33)25(40-21(6)32)23(42-27)17-37-20(5)31/h18-19,23-27H,8,10-17,29H2,1-7H3/t23-,24-,25+,26-,27-,43?/m1/s1. The number of rotatable bonds is 21. The Hall–Kier alpha value is -1.99. The summed E-state index contributed by atoms with van der Waals surface area (Å²) in [6.07, 6.45) is -3.95. The first-order valence-electron chi connectivity index (χ1n) is 14.3. The monoisotopic (exact) mass is 637 g/mol. The van der Waals surface area contributed by atoms with Crippen molar-refractivity contribution >= 4 is 26.4 Å². The van der Waals surface area contributed by atoms with Crippen molar-refractivity contribution in [2.45, 2.75) is 97.6 Å². The molecule has 0 saturated carbocycles. The third-order valence-electron chi connectivity index (χ3n) is 5.72. The van der Waals surface area contributed by atoms with E-state index in [-0.39, 0.29) is 38.5 Å². The minimum Gasteiger partial charge on any atom is -0.463 e. The molecule has 0 bridgehead atoms. The molecule has 1 unspecified atom stereocenters. The Kier molecular flexibility index (Phi) is 19.7. The van der Waals surface area contributed by atoms with E-state index in [9.17, 15) is 14.4 Å². The Labute approximate surface area is 255 Å². The Morgan fingerprint density at radius 1 is 0.837 bits per heavy atom. The number of hydrogen-bond acceptors (Lipinski definition) is 15. The van der Waals surface area contributed by atoms with Crippen LogP contribution in [0.5, 0.6) is 0 Å². The molecule has 0 spiro atoms. The normalized spacial score (nSPS) is 22.8. The number of carbonyl (C=O) groups is 3. The van der Waals surface area contributed by atoms with Crippen LogP contribution in [-0.4, -0.2) is 118 Å². The van der Waals surface area contributed by atoms with Crippen LogP contribution < -0.4 is 5.73 Å². The molecule has 1 aliphatic rings. The largest absolute Gasteiger partial charge is 0.463 e. The molecule has 1 heterocycles. The highest BCUT2D eigenvalue weighted by atomic mass is 31.2. The maximum Gasteiger partial charge on any atom is 0.303 e. The highest BCUT2D eigenvalue weighted by molar-refractivity contribution is 7.44. The van der Waals surface area contributed by atoms with Crippen molar-refractivity contribution in [3.8, 4) is 6.07 Å². The minimum atomic E-state index is -1.33. The zero-order valence-corrected chi connectivity index (χ0v) is 27.1. The first-order valence-corrected chi connectivity index (χ1v) is 15.4. The number of nitrogens with zero attached hydrogens (tertiary/aromatic N) is 2. The van der Waals surface area contributed by atoms with Gasteiger partial charge in [-0.15, -0.1) is 0 Å². The summed E-state index contributed by atoms with van der Waals surface area (Å²) in [6.45, 7) is 13.4. The van der Waals surface area contributed by atoms with Gasteiger partial charge in [-0.3, -0.25) is 14.4 Å². The molecule has 1 rings (SSSR count). The summed E-state index contributed by atoms with van der Waals surface area (Å²) in [4.78, 5) is 34.8. The van der Waals surface area contributed by atoms with Crippen LogP contribution in [0.1, 0.15) is 54.9 Å². The summed E-state index contributed by atoms with van der Waals surface area (Å²) >= 11 is 0. The maximum absolute atomic E-state index is 11.7. The first kappa shape index (κ1) is 39.0. The van der Waals surface area contributed by atoms with Crippen molar-refractivity contribution in [2.24, 2.45) is 5.73 Å². The van der Waals surface area contributed by atoms with E-state index in [0.29, 0.717) is 32.8 Å². The molecule has 2 N–H and O–H groups in total. The average molecular weight is 638 g/mol. The molecule has 0 amide bonds. The number of nitrogens with two attached hydrogens (primary N) is 1. The van der Waals surface area contributed by atoms with Crippen molar-refractivity contribution in [1.82, 2.24) is 4.67 Å². The highest BCUT2D eigenvalue weighted by Crippen LogP contribution is 2.45. The van der Waals surface area contributed by atoms with E-state index < -0.39 is 57.1 Å². The fourth-order valence-corrected chi connectivity index (χ4v) is 5.69. The zero-order chi connectivity index (χ0) is 32.4. The lowest BCUT2D eigenvalue weighted by Gasteiger charge is -2.43. The lowest BCUT2D eigenvalue weighted by molar-refractivity contribution is -0.275. The fraction of sp³-hybridized carbons (Fsp3) is 0.852. The SMILES string of the molecule is CC(=O)OC[C@H]1O[C@@H](OCCOCCOCCOP(OCCC#N)N(C(C)C)C(C)C)[C@H](N)[C@@H](OC(C)=O)[C@H]1OC(C)=O. The van der Waals surface area contributed by atoms with Crippen molar-refractivity contribution in [3.63, 3.8) is 0 Å². The van der Waals surface area contributed by atoms with Crippen LogP contribution in [0.15, 0.2) is 0 Å². The van der Waals surface area contributed by atoms with E-state index >= 15 is 0 Å². The van der Waals surface area contributed by atoms with Gasteiger partial charge in [0.1, 0.15) is 12.7 Å². The Morgan fingerprint density at radius 3 is 1.91 bits per heavy atom. The topological polar surface area (TPSA) is 187 Å². The third kappa shape index (κ3) is 15.5. The van der Waals surface area contributed by atoms with Gasteiger partial charge in [0, 0.05) is 32.9 Å². The van der Waals surface area contributed by atoms with Gasteiger partial charge in [0.15, 0.2) is 18.5 Å². The summed E-state index contributed by atoms with van der Waals surface area (Å²) in [5.41, 5.74) is 6.25. The van der Waals surface area contributed by atoms with Crippen molar-refractivity contribution in [2.75, 3.05) is 52.9 Å². The number of carbonyl (C=O) groups excluding carboxylic acids is 3. The molecule has 0 aromatic rings. The van der Waals surface area contributed by atoms with E-state index in [0.717, 1.165) is 0 Å². The Bertz CT molecular complexity index is 867. The van der Waals surface area contributed by atoms with Gasteiger partial charge in [-0.25, -0.2) is 4.67 Å². The van der Waals surface area contributed by atoms with Gasteiger partial charge in [0.25, 0.3) is 8.53 Å². The second-order valence-corrected chi connectivity index (χ2v) is 11.5. The molecule has 15 nitrogen and oxygen atoms in total. The molecule has 6 atom stereocenters. The molecule has 16 heteroatoms. The van der Waals surface area contributed by atoms with Crippen LogP contribution in [0.3, 0.4) is 0 Å². The molecule has 43 heavy (non-hydrogen) atoms. The third-order valence-corrected chi connectivity index (χ3v) is 7.83. The molecular formula is C27H48N3O12P. The molecule has 1 aliphatic heterocycles. The second kappa shape index (κ2) is 21.7. The smallest absolute Gasteiger partial charge is 0.303 e. The molecular weight excluding hydrogens is 589 g/mol. The summed E-state index contributed by atoms with van der Waals surface area (Å²) < 4.78 is 52.3. The van der Waals surface area contributed by atoms with Crippen molar-refractivity contribution in [1.29, 1.82) is 5.26 Å². The molecule has 0 radical (unpaired) electrons. The van der Waals surface area contributed by atoms with Gasteiger partial charge in [-0.05, 0) is 27.7 Å². The number of esters is 3. The molecule has 1 saturated heterocycles. The van der Waals surface area contributed by atoms with Gasteiger partial charge in [-0.2, -0.15) is 5.26 Å². The van der Waals surface area contributed by atoms with E-state index in [2.05, 4.69) is 38.4 Å². The molecule has 1 fully saturated rings. The van der Waals surface area contributed by atoms with Crippen molar-refractivity contribution < 1.29 is 56.6 Å². The van der Waals surface area contributed by atoms with Gasteiger partial charge < -0.3 is 47.9 Å². The predicted molar refractivity (Wildman–Crippen MR) is 153 cm³/mol. The molecule has 0 aliphatic carbocycles. The van der Waals surface area contributed by atoms with Gasteiger partial charge in [-0.1, -0.05) is 0 Å². The van der Waals surface area contributed by atoms with Gasteiger partial charge in [0.05, 0.1) is 64.8 Å². The van der Waals surface area contributed by atoms with E-state index in [4.69, 9.17) is 53.2 Å². The van der Waals surface area contributed by atoms with Crippen molar-refractivity contribution in [3.05, 3.63) is 0 Å². The average Bonchev–Trinajstić information content (AvgIpc) is 2.91. The lowest BCUT2D eigenvalue weighted by Crippen LogP contribution is -2.64. The number of ether oxygens (including phenoxy) is 7. The van der Waals surface area contributed by atoms with E-state index in [1.165, 1.54) is 20.8 Å². The van der Waals surface area contributed by atoms with Gasteiger partial charge >= 0.3 is 17.9 Å². The first-order chi connectivity index (χ1) is 20.4.